The van der Waals surface area contributed by atoms with E-state index in [0.717, 1.165) is 24.4 Å². The fourth-order valence-electron chi connectivity index (χ4n) is 2.83. The van der Waals surface area contributed by atoms with Gasteiger partial charge in [-0.1, -0.05) is 30.3 Å². The predicted molar refractivity (Wildman–Crippen MR) is 90.5 cm³/mol. The van der Waals surface area contributed by atoms with Gasteiger partial charge in [-0.2, -0.15) is 0 Å². The van der Waals surface area contributed by atoms with Crippen molar-refractivity contribution in [1.29, 1.82) is 0 Å². The highest BCUT2D eigenvalue weighted by Gasteiger charge is 2.20. The number of fused-ring (bicyclic) bond motifs is 1. The molecule has 21 heavy (non-hydrogen) atoms. The van der Waals surface area contributed by atoms with Gasteiger partial charge in [-0.3, -0.25) is 0 Å². The first kappa shape index (κ1) is 14.0. The molecule has 1 aliphatic rings. The number of rotatable bonds is 2. The first-order valence-electron chi connectivity index (χ1n) is 7.31. The van der Waals surface area contributed by atoms with Gasteiger partial charge in [0, 0.05) is 5.69 Å². The Bertz CT molecular complexity index is 654. The molecule has 1 heterocycles. The summed E-state index contributed by atoms with van der Waals surface area (Å²) in [5.41, 5.74) is 3.77. The molecule has 0 radical (unpaired) electrons. The summed E-state index contributed by atoms with van der Waals surface area (Å²) in [4.78, 5) is 4.41. The van der Waals surface area contributed by atoms with Crippen molar-refractivity contribution in [2.24, 2.45) is 0 Å². The van der Waals surface area contributed by atoms with Crippen molar-refractivity contribution in [2.75, 3.05) is 5.32 Å². The van der Waals surface area contributed by atoms with Gasteiger partial charge in [0.25, 0.3) is 0 Å². The third kappa shape index (κ3) is 3.39. The van der Waals surface area contributed by atoms with Crippen molar-refractivity contribution in [2.45, 2.75) is 32.2 Å². The van der Waals surface area contributed by atoms with Gasteiger partial charge in [0.15, 0.2) is 5.11 Å². The molecule has 0 aliphatic heterocycles. The lowest BCUT2D eigenvalue weighted by atomic mass is 9.88. The summed E-state index contributed by atoms with van der Waals surface area (Å²) in [6.45, 7) is 1.97. The lowest BCUT2D eigenvalue weighted by molar-refractivity contribution is 0.529. The molecule has 0 spiro atoms. The molecule has 3 rings (SSSR count). The van der Waals surface area contributed by atoms with Crippen molar-refractivity contribution in [3.05, 3.63) is 59.3 Å². The highest BCUT2D eigenvalue weighted by atomic mass is 32.1. The summed E-state index contributed by atoms with van der Waals surface area (Å²) in [6, 6.07) is 14.8. The molecular weight excluding hydrogens is 278 g/mol. The quantitative estimate of drug-likeness (QED) is 0.828. The highest BCUT2D eigenvalue weighted by Crippen LogP contribution is 2.29. The molecule has 0 saturated heterocycles. The topological polar surface area (TPSA) is 37.0 Å². The monoisotopic (exact) mass is 297 g/mol. The van der Waals surface area contributed by atoms with Crippen LogP contribution in [0.15, 0.2) is 42.5 Å². The number of hydrogen-bond acceptors (Lipinski definition) is 2. The van der Waals surface area contributed by atoms with Gasteiger partial charge in [0.1, 0.15) is 5.82 Å². The molecule has 108 valence electrons. The lowest BCUT2D eigenvalue weighted by Gasteiger charge is -2.27. The molecule has 2 aromatic rings. The molecule has 2 N–H and O–H groups in total. The number of benzene rings is 1. The summed E-state index contributed by atoms with van der Waals surface area (Å²) in [5.74, 6) is 0.789. The standard InChI is InChI=1S/C17H19N3S/c1-12-6-4-11-16(18-12)20-17(21)19-15-10-5-8-13-7-2-3-9-14(13)15/h2-4,6-7,9,11,15H,5,8,10H2,1H3,(H2,18,19,20,21)/t15-/m1/s1. The number of nitrogens with zero attached hydrogens (tertiary/aromatic N) is 1. The van der Waals surface area contributed by atoms with E-state index >= 15 is 0 Å². The summed E-state index contributed by atoms with van der Waals surface area (Å²) in [5, 5.41) is 7.23. The van der Waals surface area contributed by atoms with Gasteiger partial charge < -0.3 is 10.6 Å². The molecule has 0 fully saturated rings. The highest BCUT2D eigenvalue weighted by molar-refractivity contribution is 7.80. The number of pyridine rings is 1. The SMILES string of the molecule is Cc1cccc(NC(=S)N[C@@H]2CCCc3ccccc32)n1. The Hall–Kier alpha value is -1.94. The van der Waals surface area contributed by atoms with Gasteiger partial charge in [0.2, 0.25) is 0 Å². The van der Waals surface area contributed by atoms with E-state index in [1.54, 1.807) is 0 Å². The fraction of sp³-hybridized carbons (Fsp3) is 0.294. The molecule has 0 bridgehead atoms. The average Bonchev–Trinajstić information content (AvgIpc) is 2.47. The molecule has 1 aliphatic carbocycles. The van der Waals surface area contributed by atoms with E-state index in [1.807, 2.05) is 25.1 Å². The van der Waals surface area contributed by atoms with Crippen molar-refractivity contribution in [3.63, 3.8) is 0 Å². The van der Waals surface area contributed by atoms with Crippen LogP contribution in [0, 0.1) is 6.92 Å². The van der Waals surface area contributed by atoms with Gasteiger partial charge >= 0.3 is 0 Å². The van der Waals surface area contributed by atoms with Gasteiger partial charge in [0.05, 0.1) is 6.04 Å². The second-order valence-electron chi connectivity index (χ2n) is 5.41. The average molecular weight is 297 g/mol. The maximum atomic E-state index is 5.43. The summed E-state index contributed by atoms with van der Waals surface area (Å²) < 4.78 is 0. The second-order valence-corrected chi connectivity index (χ2v) is 5.81. The number of nitrogens with one attached hydrogen (secondary N) is 2. The summed E-state index contributed by atoms with van der Waals surface area (Å²) in [7, 11) is 0. The molecule has 0 amide bonds. The zero-order valence-electron chi connectivity index (χ0n) is 12.1. The smallest absolute Gasteiger partial charge is 0.172 e. The normalized spacial score (nSPS) is 16.9. The third-order valence-electron chi connectivity index (χ3n) is 3.80. The number of aryl methyl sites for hydroxylation is 2. The zero-order chi connectivity index (χ0) is 14.7. The Kier molecular flexibility index (Phi) is 4.15. The van der Waals surface area contributed by atoms with Crippen LogP contribution in [0.2, 0.25) is 0 Å². The van der Waals surface area contributed by atoms with E-state index < -0.39 is 0 Å². The Balaban J connectivity index is 1.68. The first-order valence-corrected chi connectivity index (χ1v) is 7.72. The van der Waals surface area contributed by atoms with Crippen LogP contribution in [0.1, 0.15) is 35.7 Å². The molecule has 4 heteroatoms. The summed E-state index contributed by atoms with van der Waals surface area (Å²) >= 11 is 5.43. The van der Waals surface area contributed by atoms with E-state index in [9.17, 15) is 0 Å². The maximum absolute atomic E-state index is 5.43. The van der Waals surface area contributed by atoms with Crippen LogP contribution >= 0.6 is 12.2 Å². The third-order valence-corrected chi connectivity index (χ3v) is 4.02. The van der Waals surface area contributed by atoms with E-state index in [1.165, 1.54) is 17.5 Å². The maximum Gasteiger partial charge on any atom is 0.172 e. The van der Waals surface area contributed by atoms with Gasteiger partial charge in [-0.25, -0.2) is 4.98 Å². The largest absolute Gasteiger partial charge is 0.356 e. The zero-order valence-corrected chi connectivity index (χ0v) is 12.9. The molecule has 0 saturated carbocycles. The van der Waals surface area contributed by atoms with Crippen LogP contribution in [-0.2, 0) is 6.42 Å². The first-order chi connectivity index (χ1) is 10.2. The Morgan fingerprint density at radius 1 is 1.19 bits per heavy atom. The minimum Gasteiger partial charge on any atom is -0.356 e. The predicted octanol–water partition coefficient (Wildman–Crippen LogP) is 3.75. The number of aromatic nitrogens is 1. The minimum atomic E-state index is 0.291. The van der Waals surface area contributed by atoms with Crippen LogP contribution < -0.4 is 10.6 Å². The minimum absolute atomic E-state index is 0.291. The molecule has 1 aromatic carbocycles. The molecule has 1 aromatic heterocycles. The Morgan fingerprint density at radius 2 is 2.05 bits per heavy atom. The van der Waals surface area contributed by atoms with Crippen molar-refractivity contribution in [3.8, 4) is 0 Å². The van der Waals surface area contributed by atoms with E-state index in [2.05, 4.69) is 39.9 Å². The number of hydrogen-bond donors (Lipinski definition) is 2. The van der Waals surface area contributed by atoms with Crippen LogP contribution in [0.4, 0.5) is 5.82 Å². The lowest BCUT2D eigenvalue weighted by Crippen LogP contribution is -2.34. The van der Waals surface area contributed by atoms with Crippen molar-refractivity contribution >= 4 is 23.1 Å². The van der Waals surface area contributed by atoms with E-state index in [-0.39, 0.29) is 0 Å². The van der Waals surface area contributed by atoms with Crippen molar-refractivity contribution < 1.29 is 0 Å². The van der Waals surface area contributed by atoms with E-state index in [4.69, 9.17) is 12.2 Å². The molecule has 1 atom stereocenters. The van der Waals surface area contributed by atoms with Crippen molar-refractivity contribution in [1.82, 2.24) is 10.3 Å². The molecular formula is C17H19N3S. The summed E-state index contributed by atoms with van der Waals surface area (Å²) in [6.07, 6.45) is 3.47. The molecule has 3 nitrogen and oxygen atoms in total. The number of thiocarbonyl (C=S) groups is 1. The van der Waals surface area contributed by atoms with Crippen LogP contribution in [0.5, 0.6) is 0 Å². The Labute approximate surface area is 130 Å². The van der Waals surface area contributed by atoms with Crippen LogP contribution in [0.3, 0.4) is 0 Å². The van der Waals surface area contributed by atoms with Crippen LogP contribution in [0.25, 0.3) is 0 Å². The fourth-order valence-corrected chi connectivity index (χ4v) is 3.07. The Morgan fingerprint density at radius 3 is 2.90 bits per heavy atom. The second kappa shape index (κ2) is 6.22. The number of anilines is 1. The van der Waals surface area contributed by atoms with Gasteiger partial charge in [-0.15, -0.1) is 0 Å². The van der Waals surface area contributed by atoms with Gasteiger partial charge in [-0.05, 0) is 61.7 Å². The van der Waals surface area contributed by atoms with Crippen LogP contribution in [-0.4, -0.2) is 10.1 Å². The molecule has 0 unspecified atom stereocenters. The van der Waals surface area contributed by atoms with E-state index in [0.29, 0.717) is 11.2 Å².